The molecule has 4 N–H and O–H groups in total. The van der Waals surface area contributed by atoms with Gasteiger partial charge in [-0.3, -0.25) is 0 Å². The highest BCUT2D eigenvalue weighted by molar-refractivity contribution is 7.49. The highest BCUT2D eigenvalue weighted by Crippen LogP contribution is 2.19. The van der Waals surface area contributed by atoms with E-state index >= 15 is 0 Å². The molecule has 3 rings (SSSR count). The van der Waals surface area contributed by atoms with E-state index in [-0.39, 0.29) is 17.9 Å². The lowest BCUT2D eigenvalue weighted by atomic mass is 10.0. The van der Waals surface area contributed by atoms with Crippen molar-refractivity contribution < 1.29 is 19.1 Å². The van der Waals surface area contributed by atoms with Crippen molar-refractivity contribution in [3.8, 4) is 0 Å². The molecule has 0 aliphatic rings. The minimum Gasteiger partial charge on any atom is -0.629 e. The first-order valence-corrected chi connectivity index (χ1v) is 19.8. The average molecular weight is 685 g/mol. The van der Waals surface area contributed by atoms with Crippen LogP contribution in [0.5, 0.6) is 0 Å². The Bertz CT molecular complexity index is 1280. The Balaban J connectivity index is 1.07. The molecule has 1 aromatic carbocycles. The van der Waals surface area contributed by atoms with Gasteiger partial charge in [0.2, 0.25) is 11.9 Å². The summed E-state index contributed by atoms with van der Waals surface area (Å²) in [7, 11) is -0.0612. The van der Waals surface area contributed by atoms with Gasteiger partial charge in [0.1, 0.15) is 17.8 Å². The maximum absolute atomic E-state index is 12.5. The van der Waals surface area contributed by atoms with Gasteiger partial charge < -0.3 is 35.1 Å². The van der Waals surface area contributed by atoms with E-state index in [9.17, 15) is 4.89 Å². The summed E-state index contributed by atoms with van der Waals surface area (Å²) in [5.74, 6) is 1.70. The summed E-state index contributed by atoms with van der Waals surface area (Å²) in [5, 5.41) is 0. The van der Waals surface area contributed by atoms with Crippen LogP contribution in [-0.2, 0) is 27.2 Å². The summed E-state index contributed by atoms with van der Waals surface area (Å²) in [6, 6.07) is 10.9. The number of nitrogen functional groups attached to an aromatic ring is 2. The van der Waals surface area contributed by atoms with Crippen molar-refractivity contribution in [1.29, 1.82) is 0 Å². The van der Waals surface area contributed by atoms with Crippen molar-refractivity contribution in [3.05, 3.63) is 42.2 Å². The van der Waals surface area contributed by atoms with Crippen LogP contribution in [0.2, 0.25) is 0 Å². The van der Waals surface area contributed by atoms with Crippen molar-refractivity contribution >= 4 is 36.7 Å². The second kappa shape index (κ2) is 25.4. The summed E-state index contributed by atoms with van der Waals surface area (Å²) in [6.45, 7) is 1.86. The third-order valence-electron chi connectivity index (χ3n) is 8.68. The molecule has 48 heavy (non-hydrogen) atoms. The molecule has 0 aliphatic heterocycles. The predicted molar refractivity (Wildman–Crippen MR) is 198 cm³/mol. The number of fused-ring (bicyclic) bond motifs is 1. The Morgan fingerprint density at radius 3 is 1.98 bits per heavy atom. The molecule has 0 spiro atoms. The van der Waals surface area contributed by atoms with Crippen LogP contribution < -0.4 is 16.4 Å². The quantitative estimate of drug-likeness (QED) is 0.0563. The van der Waals surface area contributed by atoms with Crippen molar-refractivity contribution in [2.45, 2.75) is 128 Å². The molecule has 0 fully saturated rings. The Morgan fingerprint density at radius 1 is 0.792 bits per heavy atom. The number of imidazole rings is 1. The molecule has 0 saturated carbocycles. The first kappa shape index (κ1) is 39.8. The van der Waals surface area contributed by atoms with E-state index in [0.717, 1.165) is 6.42 Å². The first-order valence-electron chi connectivity index (χ1n) is 18.3. The molecule has 0 saturated heterocycles. The summed E-state index contributed by atoms with van der Waals surface area (Å²) < 4.78 is 18.6. The molecule has 268 valence electrons. The van der Waals surface area contributed by atoms with Crippen LogP contribution >= 0.6 is 7.77 Å². The van der Waals surface area contributed by atoms with Crippen LogP contribution in [0.15, 0.2) is 36.7 Å². The van der Waals surface area contributed by atoms with Crippen LogP contribution in [0.1, 0.15) is 115 Å². The summed E-state index contributed by atoms with van der Waals surface area (Å²) in [4.78, 5) is 24.9. The fourth-order valence-electron chi connectivity index (χ4n) is 5.95. The second-order valence-electron chi connectivity index (χ2n) is 12.9. The molecule has 10 nitrogen and oxygen atoms in total. The van der Waals surface area contributed by atoms with Crippen LogP contribution in [0, 0.1) is 0 Å². The molecule has 11 heteroatoms. The zero-order chi connectivity index (χ0) is 34.1. The van der Waals surface area contributed by atoms with Crippen LogP contribution in [0.25, 0.3) is 11.2 Å². The number of anilines is 2. The zero-order valence-electron chi connectivity index (χ0n) is 29.4. The molecule has 0 amide bonds. The van der Waals surface area contributed by atoms with Crippen molar-refractivity contribution in [3.63, 3.8) is 0 Å². The normalized spacial score (nSPS) is 12.7. The van der Waals surface area contributed by atoms with Gasteiger partial charge in [-0.15, -0.1) is 0 Å². The largest absolute Gasteiger partial charge is 0.629 e. The molecule has 0 aliphatic carbocycles. The molecular formula is C37H61N6O4P. The smallest absolute Gasteiger partial charge is 0.224 e. The number of nitrogens with zero attached hydrogens (tertiary/aromatic N) is 4. The lowest BCUT2D eigenvalue weighted by molar-refractivity contribution is -0.154. The maximum Gasteiger partial charge on any atom is 0.224 e. The SMILES string of the molecule is COCC(Cn1cnc2c(N)nc(N)nc21)OC=[P+]([O-])CCOCCCCCCCCCCCCCCCCCCCc1ccccc1. The lowest BCUT2D eigenvalue weighted by Gasteiger charge is -2.15. The monoisotopic (exact) mass is 684 g/mol. The van der Waals surface area contributed by atoms with Gasteiger partial charge in [-0.2, -0.15) is 9.97 Å². The predicted octanol–water partition coefficient (Wildman–Crippen LogP) is 7.43. The molecule has 2 unspecified atom stereocenters. The topological polar surface area (TPSA) is 146 Å². The van der Waals surface area contributed by atoms with E-state index in [1.165, 1.54) is 121 Å². The van der Waals surface area contributed by atoms with Gasteiger partial charge in [0.25, 0.3) is 0 Å². The van der Waals surface area contributed by atoms with Crippen LogP contribution in [-0.4, -0.2) is 64.7 Å². The number of hydrogen-bond donors (Lipinski definition) is 2. The third-order valence-corrected chi connectivity index (χ3v) is 9.67. The Morgan fingerprint density at radius 2 is 1.38 bits per heavy atom. The van der Waals surface area contributed by atoms with Gasteiger partial charge in [0, 0.05) is 13.7 Å². The Labute approximate surface area is 289 Å². The molecular weight excluding hydrogens is 623 g/mol. The number of benzene rings is 1. The van der Waals surface area contributed by atoms with Crippen molar-refractivity contribution in [2.75, 3.05) is 44.6 Å². The van der Waals surface area contributed by atoms with Crippen molar-refractivity contribution in [2.24, 2.45) is 0 Å². The molecule has 2 heterocycles. The first-order chi connectivity index (χ1) is 23.6. The van der Waals surface area contributed by atoms with E-state index in [1.807, 2.05) is 0 Å². The van der Waals surface area contributed by atoms with E-state index < -0.39 is 7.77 Å². The van der Waals surface area contributed by atoms with E-state index in [2.05, 4.69) is 45.3 Å². The van der Waals surface area contributed by atoms with Gasteiger partial charge in [-0.1, -0.05) is 127 Å². The van der Waals surface area contributed by atoms with Crippen molar-refractivity contribution in [1.82, 2.24) is 19.5 Å². The Kier molecular flexibility index (Phi) is 21.0. The number of methoxy groups -OCH3 is 1. The zero-order valence-corrected chi connectivity index (χ0v) is 30.3. The van der Waals surface area contributed by atoms with Crippen LogP contribution in [0.4, 0.5) is 11.8 Å². The fourth-order valence-corrected chi connectivity index (χ4v) is 6.67. The highest BCUT2D eigenvalue weighted by Gasteiger charge is 2.16. The number of aryl methyl sites for hydroxylation is 1. The van der Waals surface area contributed by atoms with Gasteiger partial charge >= 0.3 is 0 Å². The van der Waals surface area contributed by atoms with E-state index in [0.29, 0.717) is 43.7 Å². The molecule has 3 aromatic rings. The second-order valence-corrected chi connectivity index (χ2v) is 14.3. The minimum absolute atomic E-state index is 0.0781. The number of unbranched alkanes of at least 4 members (excludes halogenated alkanes) is 16. The lowest BCUT2D eigenvalue weighted by Crippen LogP contribution is -2.25. The average Bonchev–Trinajstić information content (AvgIpc) is 3.49. The molecule has 0 bridgehead atoms. The summed E-state index contributed by atoms with van der Waals surface area (Å²) in [5.41, 5.74) is 14.1. The van der Waals surface area contributed by atoms with Gasteiger partial charge in [0.15, 0.2) is 11.5 Å². The fraction of sp³-hybridized carbons (Fsp3) is 0.676. The number of ether oxygens (including phenoxy) is 3. The number of hydrogen-bond acceptors (Lipinski definition) is 9. The van der Waals surface area contributed by atoms with Crippen LogP contribution in [0.3, 0.4) is 0 Å². The van der Waals surface area contributed by atoms with E-state index in [4.69, 9.17) is 25.7 Å². The molecule has 0 radical (unpaired) electrons. The minimum atomic E-state index is -1.65. The number of nitrogens with two attached hydrogens (primary N) is 2. The third kappa shape index (κ3) is 17.2. The highest BCUT2D eigenvalue weighted by atomic mass is 31.1. The molecule has 2 atom stereocenters. The van der Waals surface area contributed by atoms with E-state index in [1.54, 1.807) is 18.0 Å². The summed E-state index contributed by atoms with van der Waals surface area (Å²) in [6.07, 6.45) is 25.8. The summed E-state index contributed by atoms with van der Waals surface area (Å²) >= 11 is 0. The van der Waals surface area contributed by atoms with Gasteiger partial charge in [-0.25, -0.2) is 4.98 Å². The van der Waals surface area contributed by atoms with Gasteiger partial charge in [0.05, 0.1) is 33.9 Å². The number of aromatic nitrogens is 4. The number of rotatable bonds is 29. The Hall–Kier alpha value is -2.62. The standard InChI is InChI=1S/C37H61N6O4P/c1-45-29-33(28-43-30-40-34-35(38)41-37(39)42-36(34)43)47-31-48(44)27-26-46-25-21-16-14-12-10-8-6-4-2-3-5-7-9-11-13-15-18-22-32-23-19-17-20-24-32/h17,19-20,23-24,30-31,33H,2-16,18,21-22,25-29H2,1H3,(H4,38,39,41,42). The molecule has 2 aromatic heterocycles. The maximum atomic E-state index is 12.5. The van der Waals surface area contributed by atoms with Gasteiger partial charge in [-0.05, 0) is 24.8 Å².